The predicted molar refractivity (Wildman–Crippen MR) is 73.8 cm³/mol. The summed E-state index contributed by atoms with van der Waals surface area (Å²) in [5.74, 6) is 4.18. The predicted octanol–water partition coefficient (Wildman–Crippen LogP) is -1.07. The van der Waals surface area contributed by atoms with Gasteiger partial charge in [0.25, 0.3) is 5.91 Å². The molecule has 4 N–H and O–H groups in total. The quantitative estimate of drug-likeness (QED) is 0.473. The number of hydrogen-bond acceptors (Lipinski definition) is 5. The first-order valence-corrected chi connectivity index (χ1v) is 6.39. The minimum atomic E-state index is -0.714. The van der Waals surface area contributed by atoms with Crippen LogP contribution in [0.2, 0.25) is 0 Å². The summed E-state index contributed by atoms with van der Waals surface area (Å²) >= 11 is 0. The lowest BCUT2D eigenvalue weighted by atomic mass is 10.1. The third kappa shape index (κ3) is 3.87. The van der Waals surface area contributed by atoms with Crippen LogP contribution in [-0.2, 0) is 9.59 Å². The number of carbonyl (C=O) groups excluding carboxylic acids is 3. The Labute approximate surface area is 121 Å². The van der Waals surface area contributed by atoms with Crippen LogP contribution >= 0.6 is 0 Å². The SMILES string of the molecule is NCC#Cc1ccc(C(=O)NC2CCC(=O)NC2=O)nc1. The first-order chi connectivity index (χ1) is 10.1. The van der Waals surface area contributed by atoms with Crippen molar-refractivity contribution in [2.24, 2.45) is 5.73 Å². The Balaban J connectivity index is 2.00. The van der Waals surface area contributed by atoms with Crippen LogP contribution in [0.25, 0.3) is 0 Å². The van der Waals surface area contributed by atoms with Gasteiger partial charge in [-0.3, -0.25) is 19.7 Å². The second-order valence-corrected chi connectivity index (χ2v) is 4.42. The minimum Gasteiger partial charge on any atom is -0.339 e. The van der Waals surface area contributed by atoms with Gasteiger partial charge in [0.2, 0.25) is 11.8 Å². The fraction of sp³-hybridized carbons (Fsp3) is 0.286. The van der Waals surface area contributed by atoms with Crippen molar-refractivity contribution < 1.29 is 14.4 Å². The zero-order valence-corrected chi connectivity index (χ0v) is 11.2. The Morgan fingerprint density at radius 3 is 2.90 bits per heavy atom. The summed E-state index contributed by atoms with van der Waals surface area (Å²) in [5.41, 5.74) is 6.09. The van der Waals surface area contributed by atoms with Gasteiger partial charge in [0, 0.05) is 18.2 Å². The van der Waals surface area contributed by atoms with Crippen LogP contribution in [0, 0.1) is 11.8 Å². The molecule has 21 heavy (non-hydrogen) atoms. The molecule has 1 atom stereocenters. The van der Waals surface area contributed by atoms with Gasteiger partial charge in [-0.1, -0.05) is 11.8 Å². The van der Waals surface area contributed by atoms with Crippen LogP contribution in [0.1, 0.15) is 28.9 Å². The van der Waals surface area contributed by atoms with Gasteiger partial charge in [0.1, 0.15) is 11.7 Å². The number of nitrogens with zero attached hydrogens (tertiary/aromatic N) is 1. The zero-order valence-electron chi connectivity index (χ0n) is 11.2. The molecule has 2 heterocycles. The molecule has 1 saturated heterocycles. The highest BCUT2D eigenvalue weighted by molar-refractivity contribution is 6.03. The normalized spacial score (nSPS) is 17.5. The van der Waals surface area contributed by atoms with Crippen LogP contribution in [0.5, 0.6) is 0 Å². The van der Waals surface area contributed by atoms with Gasteiger partial charge < -0.3 is 11.1 Å². The average Bonchev–Trinajstić information content (AvgIpc) is 2.48. The van der Waals surface area contributed by atoms with Crippen molar-refractivity contribution in [3.63, 3.8) is 0 Å². The number of nitrogens with two attached hydrogens (primary N) is 1. The molecule has 7 heteroatoms. The van der Waals surface area contributed by atoms with Gasteiger partial charge in [-0.05, 0) is 18.6 Å². The van der Waals surface area contributed by atoms with E-state index in [-0.39, 0.29) is 31.0 Å². The standard InChI is InChI=1S/C14H14N4O3/c15-7-1-2-9-3-4-10(16-8-9)13(20)17-11-5-6-12(19)18-14(11)21/h3-4,8,11H,5-7,15H2,(H,17,20)(H,18,19,21). The maximum atomic E-state index is 12.0. The Morgan fingerprint density at radius 2 is 2.29 bits per heavy atom. The number of hydrogen-bond donors (Lipinski definition) is 3. The lowest BCUT2D eigenvalue weighted by molar-refractivity contribution is -0.134. The molecule has 1 fully saturated rings. The van der Waals surface area contributed by atoms with E-state index >= 15 is 0 Å². The van der Waals surface area contributed by atoms with Crippen LogP contribution < -0.4 is 16.4 Å². The Bertz CT molecular complexity index is 628. The van der Waals surface area contributed by atoms with E-state index in [1.165, 1.54) is 12.3 Å². The van der Waals surface area contributed by atoms with E-state index in [0.717, 1.165) is 0 Å². The fourth-order valence-corrected chi connectivity index (χ4v) is 1.82. The molecule has 0 aromatic carbocycles. The first kappa shape index (κ1) is 14.7. The molecular weight excluding hydrogens is 272 g/mol. The van der Waals surface area contributed by atoms with Crippen LogP contribution in [-0.4, -0.2) is 35.3 Å². The molecule has 7 nitrogen and oxygen atoms in total. The Hall–Kier alpha value is -2.72. The van der Waals surface area contributed by atoms with E-state index in [9.17, 15) is 14.4 Å². The van der Waals surface area contributed by atoms with E-state index in [1.54, 1.807) is 6.07 Å². The largest absolute Gasteiger partial charge is 0.339 e. The third-order valence-corrected chi connectivity index (χ3v) is 2.88. The summed E-state index contributed by atoms with van der Waals surface area (Å²) in [6, 6.07) is 2.45. The van der Waals surface area contributed by atoms with Crippen LogP contribution in [0.15, 0.2) is 18.3 Å². The van der Waals surface area contributed by atoms with Crippen molar-refractivity contribution in [2.75, 3.05) is 6.54 Å². The minimum absolute atomic E-state index is 0.179. The van der Waals surface area contributed by atoms with E-state index in [1.807, 2.05) is 0 Å². The van der Waals surface area contributed by atoms with E-state index in [0.29, 0.717) is 5.56 Å². The average molecular weight is 286 g/mol. The number of carbonyl (C=O) groups is 3. The monoisotopic (exact) mass is 286 g/mol. The van der Waals surface area contributed by atoms with Crippen molar-refractivity contribution in [3.05, 3.63) is 29.6 Å². The first-order valence-electron chi connectivity index (χ1n) is 6.39. The highest BCUT2D eigenvalue weighted by Gasteiger charge is 2.28. The Morgan fingerprint density at radius 1 is 1.48 bits per heavy atom. The topological polar surface area (TPSA) is 114 Å². The molecule has 0 radical (unpaired) electrons. The molecule has 1 aliphatic heterocycles. The molecule has 0 aliphatic carbocycles. The van der Waals surface area contributed by atoms with Gasteiger partial charge in [-0.15, -0.1) is 0 Å². The summed E-state index contributed by atoms with van der Waals surface area (Å²) in [7, 11) is 0. The molecule has 0 spiro atoms. The van der Waals surface area contributed by atoms with Crippen molar-refractivity contribution in [1.82, 2.24) is 15.6 Å². The van der Waals surface area contributed by atoms with Crippen molar-refractivity contribution in [2.45, 2.75) is 18.9 Å². The molecule has 1 aliphatic rings. The zero-order chi connectivity index (χ0) is 15.2. The van der Waals surface area contributed by atoms with Crippen LogP contribution in [0.4, 0.5) is 0 Å². The molecule has 1 aromatic rings. The molecule has 1 unspecified atom stereocenters. The molecule has 108 valence electrons. The van der Waals surface area contributed by atoms with E-state index in [2.05, 4.69) is 27.5 Å². The fourth-order valence-electron chi connectivity index (χ4n) is 1.82. The molecule has 0 saturated carbocycles. The van der Waals surface area contributed by atoms with Gasteiger partial charge in [0.05, 0.1) is 6.54 Å². The lowest BCUT2D eigenvalue weighted by Gasteiger charge is -2.21. The van der Waals surface area contributed by atoms with Gasteiger partial charge >= 0.3 is 0 Å². The lowest BCUT2D eigenvalue weighted by Crippen LogP contribution is -2.52. The third-order valence-electron chi connectivity index (χ3n) is 2.88. The van der Waals surface area contributed by atoms with Crippen molar-refractivity contribution >= 4 is 17.7 Å². The maximum absolute atomic E-state index is 12.0. The van der Waals surface area contributed by atoms with Gasteiger partial charge in [0.15, 0.2) is 0 Å². The summed E-state index contributed by atoms with van der Waals surface area (Å²) in [6.45, 7) is 0.248. The highest BCUT2D eigenvalue weighted by atomic mass is 16.2. The number of amides is 3. The molecule has 1 aromatic heterocycles. The molecular formula is C14H14N4O3. The maximum Gasteiger partial charge on any atom is 0.270 e. The number of aromatic nitrogens is 1. The van der Waals surface area contributed by atoms with E-state index in [4.69, 9.17) is 5.73 Å². The smallest absolute Gasteiger partial charge is 0.270 e. The Kier molecular flexibility index (Phi) is 4.64. The van der Waals surface area contributed by atoms with E-state index < -0.39 is 17.9 Å². The van der Waals surface area contributed by atoms with Crippen LogP contribution in [0.3, 0.4) is 0 Å². The summed E-state index contributed by atoms with van der Waals surface area (Å²) in [5, 5.41) is 4.72. The van der Waals surface area contributed by atoms with Gasteiger partial charge in [-0.2, -0.15) is 0 Å². The highest BCUT2D eigenvalue weighted by Crippen LogP contribution is 2.06. The molecule has 0 bridgehead atoms. The number of imide groups is 1. The van der Waals surface area contributed by atoms with Gasteiger partial charge in [-0.25, -0.2) is 4.98 Å². The molecule has 2 rings (SSSR count). The second-order valence-electron chi connectivity index (χ2n) is 4.42. The summed E-state index contributed by atoms with van der Waals surface area (Å²) in [6.07, 6.45) is 1.95. The number of rotatable bonds is 2. The van der Waals surface area contributed by atoms with Crippen molar-refractivity contribution in [1.29, 1.82) is 0 Å². The summed E-state index contributed by atoms with van der Waals surface area (Å²) < 4.78 is 0. The number of piperidine rings is 1. The number of nitrogens with one attached hydrogen (secondary N) is 2. The second kappa shape index (κ2) is 6.63. The summed E-state index contributed by atoms with van der Waals surface area (Å²) in [4.78, 5) is 38.5. The molecule has 3 amide bonds. The van der Waals surface area contributed by atoms with Crippen molar-refractivity contribution in [3.8, 4) is 11.8 Å². The number of pyridine rings is 1.